The Labute approximate surface area is 172 Å². The van der Waals surface area contributed by atoms with Crippen LogP contribution in [0.4, 0.5) is 5.69 Å². The molecule has 0 unspecified atom stereocenters. The molecule has 2 heterocycles. The number of amides is 3. The summed E-state index contributed by atoms with van der Waals surface area (Å²) in [6.45, 7) is 4.34. The number of hydrogen-bond acceptors (Lipinski definition) is 4. The summed E-state index contributed by atoms with van der Waals surface area (Å²) >= 11 is 7.05. The fourth-order valence-electron chi connectivity index (χ4n) is 2.89. The highest BCUT2D eigenvalue weighted by Crippen LogP contribution is 2.24. The number of fused-ring (bicyclic) bond motifs is 1. The standard InChI is InChI=1S/C20H22ClN3O3S/c1-20(2,11-23-18(26)15-5-6-16(21)28-15)19(27)24-14-4-3-12-7-8-22-17(25)10-13(12)9-14/h3-6,9H,7-8,10-11H2,1-2H3,(H,22,25)(H,23,26)(H,24,27). The van der Waals surface area contributed by atoms with Crippen LogP contribution in [-0.4, -0.2) is 30.8 Å². The second kappa shape index (κ2) is 8.32. The van der Waals surface area contributed by atoms with Crippen LogP contribution in [-0.2, 0) is 22.4 Å². The first kappa shape index (κ1) is 20.4. The van der Waals surface area contributed by atoms with Crippen LogP contribution in [0, 0.1) is 5.41 Å². The lowest BCUT2D eigenvalue weighted by atomic mass is 9.92. The van der Waals surface area contributed by atoms with E-state index in [0.717, 1.165) is 17.5 Å². The Morgan fingerprint density at radius 3 is 2.71 bits per heavy atom. The Hall–Kier alpha value is -2.38. The van der Waals surface area contributed by atoms with Crippen LogP contribution in [0.15, 0.2) is 30.3 Å². The number of carbonyl (C=O) groups excluding carboxylic acids is 3. The third kappa shape index (κ3) is 4.91. The van der Waals surface area contributed by atoms with Crippen LogP contribution in [0.2, 0.25) is 4.34 Å². The van der Waals surface area contributed by atoms with Crippen LogP contribution in [0.1, 0.15) is 34.6 Å². The molecule has 3 amide bonds. The van der Waals surface area contributed by atoms with Gasteiger partial charge < -0.3 is 16.0 Å². The average Bonchev–Trinajstić information content (AvgIpc) is 2.98. The van der Waals surface area contributed by atoms with Gasteiger partial charge in [0.2, 0.25) is 11.8 Å². The normalized spacial score (nSPS) is 13.9. The molecule has 6 nitrogen and oxygen atoms in total. The molecular formula is C20H22ClN3O3S. The van der Waals surface area contributed by atoms with Gasteiger partial charge in [-0.15, -0.1) is 11.3 Å². The molecule has 3 rings (SSSR count). The Morgan fingerprint density at radius 2 is 2.00 bits per heavy atom. The second-order valence-electron chi connectivity index (χ2n) is 7.38. The number of halogens is 1. The molecule has 0 fully saturated rings. The number of benzene rings is 1. The molecule has 1 aliphatic rings. The largest absolute Gasteiger partial charge is 0.355 e. The lowest BCUT2D eigenvalue weighted by Crippen LogP contribution is -2.41. The van der Waals surface area contributed by atoms with Crippen molar-refractivity contribution in [3.63, 3.8) is 0 Å². The van der Waals surface area contributed by atoms with Crippen LogP contribution in [0.25, 0.3) is 0 Å². The molecule has 0 saturated carbocycles. The highest BCUT2D eigenvalue weighted by molar-refractivity contribution is 7.18. The Bertz CT molecular complexity index is 923. The maximum Gasteiger partial charge on any atom is 0.261 e. The molecule has 2 aromatic rings. The van der Waals surface area contributed by atoms with E-state index in [1.807, 2.05) is 18.2 Å². The van der Waals surface area contributed by atoms with Gasteiger partial charge >= 0.3 is 0 Å². The zero-order valence-corrected chi connectivity index (χ0v) is 17.3. The SMILES string of the molecule is CC(C)(CNC(=O)c1ccc(Cl)s1)C(=O)Nc1ccc2c(c1)CC(=O)NCC2. The van der Waals surface area contributed by atoms with Gasteiger partial charge in [0.1, 0.15) is 0 Å². The Kier molecular flexibility index (Phi) is 6.05. The molecule has 0 radical (unpaired) electrons. The van der Waals surface area contributed by atoms with Crippen molar-refractivity contribution in [2.75, 3.05) is 18.4 Å². The Morgan fingerprint density at radius 1 is 1.21 bits per heavy atom. The van der Waals surface area contributed by atoms with Crippen molar-refractivity contribution in [2.24, 2.45) is 5.41 Å². The minimum Gasteiger partial charge on any atom is -0.355 e. The van der Waals surface area contributed by atoms with Crippen LogP contribution in [0.3, 0.4) is 0 Å². The van der Waals surface area contributed by atoms with Gasteiger partial charge in [-0.2, -0.15) is 0 Å². The van der Waals surface area contributed by atoms with E-state index in [0.29, 0.717) is 27.9 Å². The van der Waals surface area contributed by atoms with E-state index in [4.69, 9.17) is 11.6 Å². The summed E-state index contributed by atoms with van der Waals surface area (Å²) < 4.78 is 0.541. The van der Waals surface area contributed by atoms with Gasteiger partial charge in [0.25, 0.3) is 5.91 Å². The monoisotopic (exact) mass is 419 g/mol. The Balaban J connectivity index is 1.63. The fourth-order valence-corrected chi connectivity index (χ4v) is 3.85. The van der Waals surface area contributed by atoms with Crippen molar-refractivity contribution >= 4 is 46.3 Å². The van der Waals surface area contributed by atoms with Crippen molar-refractivity contribution in [1.82, 2.24) is 10.6 Å². The molecule has 1 aromatic carbocycles. The summed E-state index contributed by atoms with van der Waals surface area (Å²) in [5.74, 6) is -0.484. The van der Waals surface area contributed by atoms with Crippen molar-refractivity contribution in [2.45, 2.75) is 26.7 Å². The van der Waals surface area contributed by atoms with Crippen LogP contribution >= 0.6 is 22.9 Å². The average molecular weight is 420 g/mol. The minimum atomic E-state index is -0.819. The van der Waals surface area contributed by atoms with Gasteiger partial charge in [-0.1, -0.05) is 17.7 Å². The fraction of sp³-hybridized carbons (Fsp3) is 0.350. The molecule has 1 aliphatic heterocycles. The molecule has 0 atom stereocenters. The van der Waals surface area contributed by atoms with Gasteiger partial charge in [0.15, 0.2) is 0 Å². The number of nitrogens with one attached hydrogen (secondary N) is 3. The molecular weight excluding hydrogens is 398 g/mol. The zero-order valence-electron chi connectivity index (χ0n) is 15.7. The number of hydrogen-bond donors (Lipinski definition) is 3. The van der Waals surface area contributed by atoms with Gasteiger partial charge in [-0.3, -0.25) is 14.4 Å². The van der Waals surface area contributed by atoms with E-state index in [1.54, 1.807) is 26.0 Å². The number of thiophene rings is 1. The topological polar surface area (TPSA) is 87.3 Å². The zero-order chi connectivity index (χ0) is 20.3. The van der Waals surface area contributed by atoms with Crippen molar-refractivity contribution in [3.8, 4) is 0 Å². The summed E-state index contributed by atoms with van der Waals surface area (Å²) in [4.78, 5) is 37.2. The third-order valence-electron chi connectivity index (χ3n) is 4.63. The summed E-state index contributed by atoms with van der Waals surface area (Å²) in [6, 6.07) is 8.95. The lowest BCUT2D eigenvalue weighted by Gasteiger charge is -2.24. The molecule has 0 spiro atoms. The van der Waals surface area contributed by atoms with E-state index in [-0.39, 0.29) is 24.3 Å². The molecule has 8 heteroatoms. The quantitative estimate of drug-likeness (QED) is 0.696. The van der Waals surface area contributed by atoms with E-state index in [9.17, 15) is 14.4 Å². The summed E-state index contributed by atoms with van der Waals surface area (Å²) in [6.07, 6.45) is 1.08. The van der Waals surface area contributed by atoms with Gasteiger partial charge in [-0.05, 0) is 55.7 Å². The smallest absolute Gasteiger partial charge is 0.261 e. The second-order valence-corrected chi connectivity index (χ2v) is 9.10. The maximum absolute atomic E-state index is 12.7. The van der Waals surface area contributed by atoms with Crippen molar-refractivity contribution in [3.05, 3.63) is 50.7 Å². The number of carbonyl (C=O) groups is 3. The van der Waals surface area contributed by atoms with Crippen LogP contribution in [0.5, 0.6) is 0 Å². The van der Waals surface area contributed by atoms with E-state index < -0.39 is 5.41 Å². The molecule has 28 heavy (non-hydrogen) atoms. The maximum atomic E-state index is 12.7. The van der Waals surface area contributed by atoms with Gasteiger partial charge in [0.05, 0.1) is 21.0 Å². The van der Waals surface area contributed by atoms with Gasteiger partial charge in [-0.25, -0.2) is 0 Å². The number of rotatable bonds is 5. The lowest BCUT2D eigenvalue weighted by molar-refractivity contribution is -0.123. The molecule has 0 saturated heterocycles. The van der Waals surface area contributed by atoms with Crippen molar-refractivity contribution < 1.29 is 14.4 Å². The molecule has 3 N–H and O–H groups in total. The van der Waals surface area contributed by atoms with Crippen LogP contribution < -0.4 is 16.0 Å². The first-order valence-corrected chi connectivity index (χ1v) is 10.2. The highest BCUT2D eigenvalue weighted by atomic mass is 35.5. The first-order chi connectivity index (χ1) is 13.2. The highest BCUT2D eigenvalue weighted by Gasteiger charge is 2.29. The van der Waals surface area contributed by atoms with E-state index >= 15 is 0 Å². The van der Waals surface area contributed by atoms with Crippen molar-refractivity contribution in [1.29, 1.82) is 0 Å². The summed E-state index contributed by atoms with van der Waals surface area (Å²) in [7, 11) is 0. The van der Waals surface area contributed by atoms with E-state index in [1.165, 1.54) is 11.3 Å². The summed E-state index contributed by atoms with van der Waals surface area (Å²) in [5, 5.41) is 8.52. The van der Waals surface area contributed by atoms with E-state index in [2.05, 4.69) is 16.0 Å². The minimum absolute atomic E-state index is 0.0149. The first-order valence-electron chi connectivity index (χ1n) is 8.98. The molecule has 1 aromatic heterocycles. The summed E-state index contributed by atoms with van der Waals surface area (Å²) in [5.41, 5.74) is 1.86. The molecule has 0 aliphatic carbocycles. The third-order valence-corrected chi connectivity index (χ3v) is 5.86. The predicted octanol–water partition coefficient (Wildman–Crippen LogP) is 3.01. The molecule has 148 valence electrons. The molecule has 0 bridgehead atoms. The number of anilines is 1. The predicted molar refractivity (Wildman–Crippen MR) is 111 cm³/mol. The van der Waals surface area contributed by atoms with Gasteiger partial charge in [0, 0.05) is 18.8 Å².